The highest BCUT2D eigenvalue weighted by molar-refractivity contribution is 9.10. The van der Waals surface area contributed by atoms with Gasteiger partial charge in [-0.2, -0.15) is 0 Å². The van der Waals surface area contributed by atoms with Crippen molar-refractivity contribution in [2.75, 3.05) is 0 Å². The van der Waals surface area contributed by atoms with Crippen LogP contribution in [0.25, 0.3) is 33.9 Å². The molecule has 0 amide bonds. The lowest BCUT2D eigenvalue weighted by Crippen LogP contribution is -2.11. The van der Waals surface area contributed by atoms with Crippen molar-refractivity contribution in [1.82, 2.24) is 9.97 Å². The Morgan fingerprint density at radius 3 is 1.61 bits per heavy atom. The molecule has 1 aliphatic rings. The lowest BCUT2D eigenvalue weighted by Gasteiger charge is -2.26. The fourth-order valence-electron chi connectivity index (χ4n) is 4.61. The van der Waals surface area contributed by atoms with Crippen LogP contribution in [0.5, 0.6) is 0 Å². The summed E-state index contributed by atoms with van der Waals surface area (Å²) in [6, 6.07) is 29.5. The number of benzene rings is 3. The summed E-state index contributed by atoms with van der Waals surface area (Å²) in [6.07, 6.45) is 6.31. The molecule has 1 aliphatic carbocycles. The second-order valence-electron chi connectivity index (χ2n) is 8.23. The summed E-state index contributed by atoms with van der Waals surface area (Å²) in [5.41, 5.74) is 6.85. The normalized spacial score (nSPS) is 14.5. The molecule has 0 spiro atoms. The second kappa shape index (κ2) is 9.15. The van der Waals surface area contributed by atoms with Crippen LogP contribution in [0.15, 0.2) is 89.4 Å². The van der Waals surface area contributed by atoms with Crippen LogP contribution in [-0.2, 0) is 0 Å². The molecular weight excluding hydrogens is 444 g/mol. The average molecular weight is 469 g/mol. The first-order valence-corrected chi connectivity index (χ1v) is 11.9. The largest absolute Gasteiger partial charge is 0.228 e. The van der Waals surface area contributed by atoms with Crippen molar-refractivity contribution < 1.29 is 0 Å². The molecule has 0 N–H and O–H groups in total. The molecule has 1 saturated carbocycles. The molecule has 0 saturated heterocycles. The Kier molecular flexibility index (Phi) is 5.95. The summed E-state index contributed by atoms with van der Waals surface area (Å²) in [4.78, 5) is 10.4. The molecule has 0 unspecified atom stereocenters. The molecule has 4 aromatic rings. The van der Waals surface area contributed by atoms with Gasteiger partial charge in [0, 0.05) is 26.7 Å². The molecule has 1 aromatic heterocycles. The van der Waals surface area contributed by atoms with Crippen LogP contribution < -0.4 is 0 Å². The standard InChI is InChI=1S/C28H25BrN2/c29-24-18-16-23(17-19-24)28-30-26(21-12-6-2-7-13-21)25(20-10-4-1-5-11-20)27(31-28)22-14-8-3-9-15-22/h2-3,6-9,12-20H,1,4-5,10-11H2. The third-order valence-electron chi connectivity index (χ3n) is 6.16. The van der Waals surface area contributed by atoms with Gasteiger partial charge >= 0.3 is 0 Å². The van der Waals surface area contributed by atoms with E-state index in [9.17, 15) is 0 Å². The Bertz CT molecular complexity index is 1090. The summed E-state index contributed by atoms with van der Waals surface area (Å²) in [6.45, 7) is 0. The van der Waals surface area contributed by atoms with E-state index in [1.807, 2.05) is 0 Å². The first-order valence-electron chi connectivity index (χ1n) is 11.1. The number of rotatable bonds is 4. The highest BCUT2D eigenvalue weighted by atomic mass is 79.9. The molecule has 1 heterocycles. The van der Waals surface area contributed by atoms with Crippen LogP contribution >= 0.6 is 15.9 Å². The van der Waals surface area contributed by atoms with Gasteiger partial charge in [0.05, 0.1) is 11.4 Å². The molecule has 0 atom stereocenters. The maximum Gasteiger partial charge on any atom is 0.160 e. The van der Waals surface area contributed by atoms with Gasteiger partial charge in [-0.3, -0.25) is 0 Å². The van der Waals surface area contributed by atoms with Crippen molar-refractivity contribution in [2.24, 2.45) is 0 Å². The van der Waals surface area contributed by atoms with E-state index in [2.05, 4.69) is 101 Å². The molecule has 3 heteroatoms. The lowest BCUT2D eigenvalue weighted by molar-refractivity contribution is 0.443. The topological polar surface area (TPSA) is 25.8 Å². The Hall–Kier alpha value is -2.78. The van der Waals surface area contributed by atoms with Crippen molar-refractivity contribution in [3.05, 3.63) is 95.0 Å². The molecule has 31 heavy (non-hydrogen) atoms. The molecule has 154 valence electrons. The third kappa shape index (κ3) is 4.33. The van der Waals surface area contributed by atoms with E-state index in [1.54, 1.807) is 0 Å². The number of nitrogens with zero attached hydrogens (tertiary/aromatic N) is 2. The maximum atomic E-state index is 5.18. The molecule has 2 nitrogen and oxygen atoms in total. The van der Waals surface area contributed by atoms with Crippen molar-refractivity contribution in [3.8, 4) is 33.9 Å². The van der Waals surface area contributed by atoms with E-state index < -0.39 is 0 Å². The van der Waals surface area contributed by atoms with Gasteiger partial charge in [-0.15, -0.1) is 0 Å². The minimum absolute atomic E-state index is 0.498. The van der Waals surface area contributed by atoms with E-state index in [-0.39, 0.29) is 0 Å². The van der Waals surface area contributed by atoms with Crippen molar-refractivity contribution in [1.29, 1.82) is 0 Å². The SMILES string of the molecule is Brc1ccc(-c2nc(-c3ccccc3)c(C3CCCCC3)c(-c3ccccc3)n2)cc1. The average Bonchev–Trinajstić information content (AvgIpc) is 2.85. The summed E-state index contributed by atoms with van der Waals surface area (Å²) in [5.74, 6) is 1.28. The Labute approximate surface area is 192 Å². The number of hydrogen-bond donors (Lipinski definition) is 0. The van der Waals surface area contributed by atoms with Crippen LogP contribution in [0.2, 0.25) is 0 Å². The van der Waals surface area contributed by atoms with Gasteiger partial charge in [0.25, 0.3) is 0 Å². The van der Waals surface area contributed by atoms with Gasteiger partial charge in [0.15, 0.2) is 5.82 Å². The van der Waals surface area contributed by atoms with Gasteiger partial charge < -0.3 is 0 Å². The molecule has 1 fully saturated rings. The van der Waals surface area contributed by atoms with E-state index in [0.717, 1.165) is 27.2 Å². The van der Waals surface area contributed by atoms with Crippen LogP contribution in [0, 0.1) is 0 Å². The zero-order chi connectivity index (χ0) is 21.0. The molecular formula is C28H25BrN2. The Morgan fingerprint density at radius 1 is 0.581 bits per heavy atom. The number of aromatic nitrogens is 2. The highest BCUT2D eigenvalue weighted by Gasteiger charge is 2.26. The van der Waals surface area contributed by atoms with E-state index in [0.29, 0.717) is 5.92 Å². The number of halogens is 1. The van der Waals surface area contributed by atoms with E-state index in [4.69, 9.17) is 9.97 Å². The van der Waals surface area contributed by atoms with Gasteiger partial charge in [-0.1, -0.05) is 108 Å². The summed E-state index contributed by atoms with van der Waals surface area (Å²) in [7, 11) is 0. The predicted molar refractivity (Wildman–Crippen MR) is 132 cm³/mol. The van der Waals surface area contributed by atoms with Crippen molar-refractivity contribution in [2.45, 2.75) is 38.0 Å². The van der Waals surface area contributed by atoms with Crippen LogP contribution in [0.4, 0.5) is 0 Å². The van der Waals surface area contributed by atoms with Gasteiger partial charge in [0.1, 0.15) is 0 Å². The molecule has 0 bridgehead atoms. The third-order valence-corrected chi connectivity index (χ3v) is 6.68. The first-order chi connectivity index (χ1) is 15.3. The minimum atomic E-state index is 0.498. The summed E-state index contributed by atoms with van der Waals surface area (Å²) >= 11 is 3.54. The van der Waals surface area contributed by atoms with Gasteiger partial charge in [0.2, 0.25) is 0 Å². The zero-order valence-electron chi connectivity index (χ0n) is 17.5. The smallest absolute Gasteiger partial charge is 0.160 e. The quantitative estimate of drug-likeness (QED) is 0.301. The first kappa shape index (κ1) is 20.1. The summed E-state index contributed by atoms with van der Waals surface area (Å²) in [5, 5.41) is 0. The maximum absolute atomic E-state index is 5.18. The van der Waals surface area contributed by atoms with Gasteiger partial charge in [-0.25, -0.2) is 9.97 Å². The molecule has 3 aromatic carbocycles. The molecule has 0 radical (unpaired) electrons. The summed E-state index contributed by atoms with van der Waals surface area (Å²) < 4.78 is 1.06. The molecule has 0 aliphatic heterocycles. The molecule has 5 rings (SSSR count). The number of hydrogen-bond acceptors (Lipinski definition) is 2. The predicted octanol–water partition coefficient (Wildman–Crippen LogP) is 8.29. The minimum Gasteiger partial charge on any atom is -0.228 e. The van der Waals surface area contributed by atoms with Crippen LogP contribution in [-0.4, -0.2) is 9.97 Å². The van der Waals surface area contributed by atoms with Crippen LogP contribution in [0.3, 0.4) is 0 Å². The van der Waals surface area contributed by atoms with E-state index in [1.165, 1.54) is 48.8 Å². The van der Waals surface area contributed by atoms with Crippen molar-refractivity contribution in [3.63, 3.8) is 0 Å². The fourth-order valence-corrected chi connectivity index (χ4v) is 4.87. The highest BCUT2D eigenvalue weighted by Crippen LogP contribution is 2.42. The fraction of sp³-hybridized carbons (Fsp3) is 0.214. The van der Waals surface area contributed by atoms with E-state index >= 15 is 0 Å². The monoisotopic (exact) mass is 468 g/mol. The second-order valence-corrected chi connectivity index (χ2v) is 9.15. The Balaban J connectivity index is 1.79. The van der Waals surface area contributed by atoms with Crippen LogP contribution in [0.1, 0.15) is 43.6 Å². The lowest BCUT2D eigenvalue weighted by atomic mass is 9.80. The van der Waals surface area contributed by atoms with Crippen molar-refractivity contribution >= 4 is 15.9 Å². The Morgan fingerprint density at radius 2 is 1.10 bits per heavy atom. The zero-order valence-corrected chi connectivity index (χ0v) is 19.1. The van der Waals surface area contributed by atoms with Gasteiger partial charge in [-0.05, 0) is 30.9 Å².